The number of hydrogen-bond acceptors (Lipinski definition) is 5. The molecule has 1 aliphatic heterocycles. The van der Waals surface area contributed by atoms with Crippen LogP contribution in [0.25, 0.3) is 0 Å². The second-order valence-corrected chi connectivity index (χ2v) is 3.61. The summed E-state index contributed by atoms with van der Waals surface area (Å²) in [5.41, 5.74) is 1.24. The molecule has 5 nitrogen and oxygen atoms in total. The molecule has 0 aliphatic carbocycles. The molecule has 2 heterocycles. The van der Waals surface area contributed by atoms with Crippen LogP contribution in [0.5, 0.6) is 5.75 Å². The molecule has 0 spiro atoms. The average Bonchev–Trinajstić information content (AvgIpc) is 2.81. The summed E-state index contributed by atoms with van der Waals surface area (Å²) in [4.78, 5) is 4.28. The van der Waals surface area contributed by atoms with E-state index in [2.05, 4.69) is 4.98 Å². The highest BCUT2D eigenvalue weighted by Gasteiger charge is 2.23. The summed E-state index contributed by atoms with van der Waals surface area (Å²) in [6, 6.07) is 3.32. The standard InChI is InChI=1S/C11H15NO4/c13-5-1-2-8-3-4-9(14)10(12-8)11-15-6-7-16-11/h3-4,11,13-14H,1-2,5-7H2. The van der Waals surface area contributed by atoms with Crippen molar-refractivity contribution in [2.75, 3.05) is 19.8 Å². The van der Waals surface area contributed by atoms with Gasteiger partial charge in [0.2, 0.25) is 6.29 Å². The van der Waals surface area contributed by atoms with Crippen LogP contribution in [0.4, 0.5) is 0 Å². The van der Waals surface area contributed by atoms with Gasteiger partial charge in [0.1, 0.15) is 11.4 Å². The SMILES string of the molecule is OCCCc1ccc(O)c(C2OCCO2)n1. The minimum Gasteiger partial charge on any atom is -0.506 e. The van der Waals surface area contributed by atoms with E-state index in [0.717, 1.165) is 5.69 Å². The van der Waals surface area contributed by atoms with Crippen LogP contribution < -0.4 is 0 Å². The van der Waals surface area contributed by atoms with Gasteiger partial charge in [0.15, 0.2) is 0 Å². The van der Waals surface area contributed by atoms with Crippen molar-refractivity contribution in [1.82, 2.24) is 4.98 Å². The van der Waals surface area contributed by atoms with Crippen molar-refractivity contribution in [1.29, 1.82) is 0 Å². The number of aliphatic hydroxyl groups is 1. The lowest BCUT2D eigenvalue weighted by Gasteiger charge is -2.11. The van der Waals surface area contributed by atoms with E-state index in [1.165, 1.54) is 0 Å². The monoisotopic (exact) mass is 225 g/mol. The molecular formula is C11H15NO4. The van der Waals surface area contributed by atoms with Gasteiger partial charge >= 0.3 is 0 Å². The number of aromatic nitrogens is 1. The molecule has 16 heavy (non-hydrogen) atoms. The summed E-state index contributed by atoms with van der Waals surface area (Å²) in [6.45, 7) is 1.17. The highest BCUT2D eigenvalue weighted by molar-refractivity contribution is 5.29. The molecule has 2 N–H and O–H groups in total. The maximum atomic E-state index is 9.65. The second kappa shape index (κ2) is 5.25. The maximum Gasteiger partial charge on any atom is 0.204 e. The highest BCUT2D eigenvalue weighted by Crippen LogP contribution is 2.28. The largest absolute Gasteiger partial charge is 0.506 e. The summed E-state index contributed by atoms with van der Waals surface area (Å²) in [6.07, 6.45) is 0.772. The molecule has 0 bridgehead atoms. The quantitative estimate of drug-likeness (QED) is 0.791. The first-order chi connectivity index (χ1) is 7.81. The smallest absolute Gasteiger partial charge is 0.204 e. The fraction of sp³-hybridized carbons (Fsp3) is 0.545. The average molecular weight is 225 g/mol. The van der Waals surface area contributed by atoms with Gasteiger partial charge in [-0.3, -0.25) is 0 Å². The number of pyridine rings is 1. The first-order valence-electron chi connectivity index (χ1n) is 5.34. The van der Waals surface area contributed by atoms with Crippen LogP contribution in [0.3, 0.4) is 0 Å². The van der Waals surface area contributed by atoms with Gasteiger partial charge in [-0.15, -0.1) is 0 Å². The first-order valence-corrected chi connectivity index (χ1v) is 5.34. The van der Waals surface area contributed by atoms with Crippen molar-refractivity contribution >= 4 is 0 Å². The molecule has 2 rings (SSSR count). The highest BCUT2D eigenvalue weighted by atomic mass is 16.7. The van der Waals surface area contributed by atoms with E-state index in [4.69, 9.17) is 14.6 Å². The zero-order valence-electron chi connectivity index (χ0n) is 8.93. The lowest BCUT2D eigenvalue weighted by atomic mass is 10.2. The van der Waals surface area contributed by atoms with Gasteiger partial charge in [0, 0.05) is 12.3 Å². The summed E-state index contributed by atoms with van der Waals surface area (Å²) in [7, 11) is 0. The number of hydrogen-bond donors (Lipinski definition) is 2. The Hall–Kier alpha value is -1.17. The number of ether oxygens (including phenoxy) is 2. The fourth-order valence-electron chi connectivity index (χ4n) is 1.60. The number of nitrogens with zero attached hydrogens (tertiary/aromatic N) is 1. The second-order valence-electron chi connectivity index (χ2n) is 3.61. The summed E-state index contributed by atoms with van der Waals surface area (Å²) in [5.74, 6) is 0.0830. The number of aromatic hydroxyl groups is 1. The lowest BCUT2D eigenvalue weighted by molar-refractivity contribution is -0.0488. The van der Waals surface area contributed by atoms with Gasteiger partial charge in [-0.05, 0) is 25.0 Å². The molecule has 0 saturated carbocycles. The molecule has 1 aliphatic rings. The zero-order chi connectivity index (χ0) is 11.4. The van der Waals surface area contributed by atoms with E-state index in [0.29, 0.717) is 31.7 Å². The van der Waals surface area contributed by atoms with E-state index in [1.807, 2.05) is 0 Å². The summed E-state index contributed by atoms with van der Waals surface area (Å²) >= 11 is 0. The minimum absolute atomic E-state index is 0.0830. The van der Waals surface area contributed by atoms with Crippen LogP contribution in [-0.4, -0.2) is 35.0 Å². The lowest BCUT2D eigenvalue weighted by Crippen LogP contribution is -2.04. The molecule has 1 aromatic heterocycles. The molecule has 0 unspecified atom stereocenters. The third kappa shape index (κ3) is 2.49. The summed E-state index contributed by atoms with van der Waals surface area (Å²) in [5, 5.41) is 18.4. The van der Waals surface area contributed by atoms with E-state index in [-0.39, 0.29) is 12.4 Å². The molecule has 0 atom stereocenters. The van der Waals surface area contributed by atoms with Gasteiger partial charge in [-0.1, -0.05) is 0 Å². The molecule has 5 heteroatoms. The Labute approximate surface area is 93.7 Å². The van der Waals surface area contributed by atoms with Crippen molar-refractivity contribution < 1.29 is 19.7 Å². The Morgan fingerprint density at radius 3 is 2.75 bits per heavy atom. The Morgan fingerprint density at radius 1 is 1.31 bits per heavy atom. The summed E-state index contributed by atoms with van der Waals surface area (Å²) < 4.78 is 10.6. The molecule has 88 valence electrons. The van der Waals surface area contributed by atoms with Crippen molar-refractivity contribution in [2.45, 2.75) is 19.1 Å². The maximum absolute atomic E-state index is 9.65. The van der Waals surface area contributed by atoms with Gasteiger partial charge in [0.25, 0.3) is 0 Å². The predicted octanol–water partition coefficient (Wildman–Crippen LogP) is 0.757. The van der Waals surface area contributed by atoms with Gasteiger partial charge in [0.05, 0.1) is 13.2 Å². The van der Waals surface area contributed by atoms with E-state index in [9.17, 15) is 5.11 Å². The molecule has 0 radical (unpaired) electrons. The van der Waals surface area contributed by atoms with Crippen molar-refractivity contribution in [3.8, 4) is 5.75 Å². The number of aryl methyl sites for hydroxylation is 1. The molecule has 0 aromatic carbocycles. The van der Waals surface area contributed by atoms with Crippen LogP contribution in [0.2, 0.25) is 0 Å². The number of aliphatic hydroxyl groups excluding tert-OH is 1. The van der Waals surface area contributed by atoms with Gasteiger partial charge in [-0.25, -0.2) is 4.98 Å². The first kappa shape index (κ1) is 11.3. The topological polar surface area (TPSA) is 71.8 Å². The normalized spacial score (nSPS) is 16.8. The Morgan fingerprint density at radius 2 is 2.06 bits per heavy atom. The fourth-order valence-corrected chi connectivity index (χ4v) is 1.60. The molecule has 1 saturated heterocycles. The Balaban J connectivity index is 2.15. The third-order valence-corrected chi connectivity index (χ3v) is 2.40. The van der Waals surface area contributed by atoms with Crippen LogP contribution in [0.15, 0.2) is 12.1 Å². The van der Waals surface area contributed by atoms with E-state index >= 15 is 0 Å². The van der Waals surface area contributed by atoms with Gasteiger partial charge < -0.3 is 19.7 Å². The Bertz CT molecular complexity index is 350. The minimum atomic E-state index is -0.561. The molecule has 1 aromatic rings. The third-order valence-electron chi connectivity index (χ3n) is 2.40. The van der Waals surface area contributed by atoms with Crippen LogP contribution in [0, 0.1) is 0 Å². The predicted molar refractivity (Wildman–Crippen MR) is 56.0 cm³/mol. The number of rotatable bonds is 4. The van der Waals surface area contributed by atoms with Crippen LogP contribution >= 0.6 is 0 Å². The molecular weight excluding hydrogens is 210 g/mol. The van der Waals surface area contributed by atoms with Crippen molar-refractivity contribution in [2.24, 2.45) is 0 Å². The van der Waals surface area contributed by atoms with Crippen molar-refractivity contribution in [3.05, 3.63) is 23.5 Å². The van der Waals surface area contributed by atoms with E-state index in [1.54, 1.807) is 12.1 Å². The van der Waals surface area contributed by atoms with Crippen LogP contribution in [-0.2, 0) is 15.9 Å². The van der Waals surface area contributed by atoms with Gasteiger partial charge in [-0.2, -0.15) is 0 Å². The molecule has 0 amide bonds. The van der Waals surface area contributed by atoms with Crippen molar-refractivity contribution in [3.63, 3.8) is 0 Å². The van der Waals surface area contributed by atoms with Crippen LogP contribution in [0.1, 0.15) is 24.1 Å². The Kier molecular flexibility index (Phi) is 3.71. The van der Waals surface area contributed by atoms with E-state index < -0.39 is 6.29 Å². The zero-order valence-corrected chi connectivity index (χ0v) is 8.93. The molecule has 1 fully saturated rings.